The molecule has 0 radical (unpaired) electrons. The lowest BCUT2D eigenvalue weighted by Gasteiger charge is -2.16. The largest absolute Gasteiger partial charge is 0.322 e. The van der Waals surface area contributed by atoms with E-state index in [1.807, 2.05) is 0 Å². The van der Waals surface area contributed by atoms with E-state index in [9.17, 15) is 13.2 Å². The van der Waals surface area contributed by atoms with Gasteiger partial charge in [-0.05, 0) is 49.2 Å². The van der Waals surface area contributed by atoms with Gasteiger partial charge in [-0.2, -0.15) is 4.31 Å². The van der Waals surface area contributed by atoms with Crippen molar-refractivity contribution >= 4 is 33.2 Å². The smallest absolute Gasteiger partial charge is 0.255 e. The Kier molecular flexibility index (Phi) is 5.40. The Balaban J connectivity index is 1.54. The van der Waals surface area contributed by atoms with Crippen molar-refractivity contribution in [3.63, 3.8) is 0 Å². The van der Waals surface area contributed by atoms with E-state index in [0.29, 0.717) is 23.8 Å². The van der Waals surface area contributed by atoms with E-state index in [0.717, 1.165) is 18.5 Å². The molecule has 7 nitrogen and oxygen atoms in total. The van der Waals surface area contributed by atoms with Gasteiger partial charge in [0.25, 0.3) is 5.91 Å². The number of anilines is 1. The van der Waals surface area contributed by atoms with Gasteiger partial charge in [-0.1, -0.05) is 17.7 Å². The number of hydrogen-bond acceptors (Lipinski definition) is 4. The zero-order chi connectivity index (χ0) is 20.4. The topological polar surface area (TPSA) is 84.3 Å². The maximum atomic E-state index is 12.7. The van der Waals surface area contributed by atoms with Crippen molar-refractivity contribution in [2.75, 3.05) is 18.4 Å². The van der Waals surface area contributed by atoms with Gasteiger partial charge in [0.1, 0.15) is 0 Å². The number of imidazole rings is 1. The van der Waals surface area contributed by atoms with Crippen LogP contribution >= 0.6 is 11.6 Å². The molecular formula is C20H19ClN4O3S. The highest BCUT2D eigenvalue weighted by atomic mass is 35.5. The predicted molar refractivity (Wildman–Crippen MR) is 111 cm³/mol. The molecule has 0 bridgehead atoms. The van der Waals surface area contributed by atoms with Crippen molar-refractivity contribution in [1.82, 2.24) is 13.9 Å². The first-order valence-corrected chi connectivity index (χ1v) is 11.0. The quantitative estimate of drug-likeness (QED) is 0.670. The lowest BCUT2D eigenvalue weighted by molar-refractivity contribution is 0.102. The number of aromatic nitrogens is 2. The van der Waals surface area contributed by atoms with Crippen LogP contribution in [0.5, 0.6) is 0 Å². The van der Waals surface area contributed by atoms with Gasteiger partial charge in [0.15, 0.2) is 0 Å². The minimum absolute atomic E-state index is 0.125. The molecule has 0 saturated carbocycles. The molecule has 1 amide bonds. The monoisotopic (exact) mass is 430 g/mol. The number of nitrogens with one attached hydrogen (secondary N) is 1. The second-order valence-corrected chi connectivity index (χ2v) is 9.07. The number of sulfonamides is 1. The van der Waals surface area contributed by atoms with Crippen LogP contribution in [-0.4, -0.2) is 41.3 Å². The van der Waals surface area contributed by atoms with Gasteiger partial charge in [-0.3, -0.25) is 4.79 Å². The molecule has 1 N–H and O–H groups in total. The zero-order valence-electron chi connectivity index (χ0n) is 15.5. The van der Waals surface area contributed by atoms with E-state index in [-0.39, 0.29) is 10.5 Å². The van der Waals surface area contributed by atoms with E-state index in [1.165, 1.54) is 16.4 Å². The number of halogens is 1. The van der Waals surface area contributed by atoms with Crippen molar-refractivity contribution in [2.45, 2.75) is 17.7 Å². The van der Waals surface area contributed by atoms with Crippen LogP contribution in [0.2, 0.25) is 5.02 Å². The van der Waals surface area contributed by atoms with Crippen molar-refractivity contribution in [3.8, 4) is 5.69 Å². The summed E-state index contributed by atoms with van der Waals surface area (Å²) >= 11 is 6.32. The van der Waals surface area contributed by atoms with Gasteiger partial charge in [-0.25, -0.2) is 13.4 Å². The molecule has 2 aromatic carbocycles. The Hall–Kier alpha value is -2.68. The van der Waals surface area contributed by atoms with E-state index in [1.54, 1.807) is 53.6 Å². The molecule has 150 valence electrons. The number of hydrogen-bond donors (Lipinski definition) is 1. The molecular weight excluding hydrogens is 412 g/mol. The molecule has 0 spiro atoms. The Morgan fingerprint density at radius 1 is 1.10 bits per heavy atom. The second kappa shape index (κ2) is 7.98. The summed E-state index contributed by atoms with van der Waals surface area (Å²) in [5.41, 5.74) is 1.51. The molecule has 0 unspecified atom stereocenters. The molecule has 1 aromatic heterocycles. The van der Waals surface area contributed by atoms with Gasteiger partial charge in [0, 0.05) is 36.7 Å². The normalized spacial score (nSPS) is 14.8. The summed E-state index contributed by atoms with van der Waals surface area (Å²) in [5.74, 6) is -0.407. The second-order valence-electron chi connectivity index (χ2n) is 6.73. The van der Waals surface area contributed by atoms with E-state index < -0.39 is 15.9 Å². The summed E-state index contributed by atoms with van der Waals surface area (Å²) in [6, 6.07) is 11.2. The van der Waals surface area contributed by atoms with Crippen molar-refractivity contribution < 1.29 is 13.2 Å². The first-order chi connectivity index (χ1) is 13.9. The standard InChI is InChI=1S/C20H19ClN4O3S/c21-18-13-16(6-7-19(18)24-11-8-22-14-24)23-20(26)15-4-3-5-17(12-15)29(27,28)25-9-1-2-10-25/h3-8,11-14H,1-2,9-10H2,(H,23,26). The van der Waals surface area contributed by atoms with Crippen LogP contribution < -0.4 is 5.32 Å². The highest BCUT2D eigenvalue weighted by Crippen LogP contribution is 2.25. The average molecular weight is 431 g/mol. The van der Waals surface area contributed by atoms with Gasteiger partial charge in [0.2, 0.25) is 10.0 Å². The number of carbonyl (C=O) groups is 1. The minimum atomic E-state index is -3.58. The van der Waals surface area contributed by atoms with Gasteiger partial charge in [0.05, 0.1) is 21.9 Å². The SMILES string of the molecule is O=C(Nc1ccc(-n2ccnc2)c(Cl)c1)c1cccc(S(=O)(=O)N2CCCC2)c1. The van der Waals surface area contributed by atoms with Crippen LogP contribution in [0.25, 0.3) is 5.69 Å². The Bertz CT molecular complexity index is 1140. The van der Waals surface area contributed by atoms with Crippen LogP contribution in [-0.2, 0) is 10.0 Å². The summed E-state index contributed by atoms with van der Waals surface area (Å²) in [6.45, 7) is 1.03. The van der Waals surface area contributed by atoms with Crippen molar-refractivity contribution in [2.24, 2.45) is 0 Å². The van der Waals surface area contributed by atoms with E-state index in [2.05, 4.69) is 10.3 Å². The highest BCUT2D eigenvalue weighted by molar-refractivity contribution is 7.89. The zero-order valence-corrected chi connectivity index (χ0v) is 17.0. The number of carbonyl (C=O) groups excluding carboxylic acids is 1. The first kappa shape index (κ1) is 19.6. The minimum Gasteiger partial charge on any atom is -0.322 e. The summed E-state index contributed by atoms with van der Waals surface area (Å²) in [4.78, 5) is 16.8. The van der Waals surface area contributed by atoms with Crippen molar-refractivity contribution in [3.05, 3.63) is 71.8 Å². The fourth-order valence-corrected chi connectivity index (χ4v) is 5.12. The van der Waals surface area contributed by atoms with Gasteiger partial charge >= 0.3 is 0 Å². The molecule has 29 heavy (non-hydrogen) atoms. The summed E-state index contributed by atoms with van der Waals surface area (Å²) < 4.78 is 28.7. The first-order valence-electron chi connectivity index (χ1n) is 9.14. The Labute approximate surface area is 174 Å². The average Bonchev–Trinajstić information content (AvgIpc) is 3.42. The molecule has 0 aliphatic carbocycles. The van der Waals surface area contributed by atoms with Crippen LogP contribution in [0.1, 0.15) is 23.2 Å². The maximum absolute atomic E-state index is 12.7. The fraction of sp³-hybridized carbons (Fsp3) is 0.200. The van der Waals surface area contributed by atoms with Crippen LogP contribution in [0.3, 0.4) is 0 Å². The summed E-state index contributed by atoms with van der Waals surface area (Å²) in [7, 11) is -3.58. The van der Waals surface area contributed by atoms with Crippen molar-refractivity contribution in [1.29, 1.82) is 0 Å². The number of amides is 1. The highest BCUT2D eigenvalue weighted by Gasteiger charge is 2.27. The van der Waals surface area contributed by atoms with Gasteiger partial charge < -0.3 is 9.88 Å². The predicted octanol–water partition coefficient (Wildman–Crippen LogP) is 3.56. The molecule has 3 aromatic rings. The molecule has 4 rings (SSSR count). The lowest BCUT2D eigenvalue weighted by atomic mass is 10.2. The van der Waals surface area contributed by atoms with Gasteiger partial charge in [-0.15, -0.1) is 0 Å². The lowest BCUT2D eigenvalue weighted by Crippen LogP contribution is -2.28. The summed E-state index contributed by atoms with van der Waals surface area (Å²) in [5, 5.41) is 3.21. The van der Waals surface area contributed by atoms with Crippen LogP contribution in [0.4, 0.5) is 5.69 Å². The molecule has 9 heteroatoms. The number of rotatable bonds is 5. The Morgan fingerprint density at radius 2 is 1.90 bits per heavy atom. The molecule has 1 fully saturated rings. The molecule has 0 atom stereocenters. The third-order valence-corrected chi connectivity index (χ3v) is 6.98. The summed E-state index contributed by atoms with van der Waals surface area (Å²) in [6.07, 6.45) is 6.76. The molecule has 1 aliphatic rings. The molecule has 2 heterocycles. The van der Waals surface area contributed by atoms with E-state index >= 15 is 0 Å². The Morgan fingerprint density at radius 3 is 2.59 bits per heavy atom. The number of nitrogens with zero attached hydrogens (tertiary/aromatic N) is 3. The maximum Gasteiger partial charge on any atom is 0.255 e. The fourth-order valence-electron chi connectivity index (χ4n) is 3.27. The van der Waals surface area contributed by atoms with Crippen LogP contribution in [0.15, 0.2) is 66.1 Å². The van der Waals surface area contributed by atoms with E-state index in [4.69, 9.17) is 11.6 Å². The molecule has 1 aliphatic heterocycles. The third-order valence-electron chi connectivity index (χ3n) is 4.79. The van der Waals surface area contributed by atoms with Crippen LogP contribution in [0, 0.1) is 0 Å². The molecule has 1 saturated heterocycles. The number of benzene rings is 2. The third kappa shape index (κ3) is 4.05.